The Morgan fingerprint density at radius 1 is 1.26 bits per heavy atom. The lowest BCUT2D eigenvalue weighted by Crippen LogP contribution is -2.45. The van der Waals surface area contributed by atoms with E-state index < -0.39 is 9.84 Å². The van der Waals surface area contributed by atoms with Crippen LogP contribution < -0.4 is 0 Å². The van der Waals surface area contributed by atoms with Crippen molar-refractivity contribution in [2.45, 2.75) is 39.3 Å². The lowest BCUT2D eigenvalue weighted by molar-refractivity contribution is 0.0716. The number of rotatable bonds is 7. The maximum absolute atomic E-state index is 11.9. The molecule has 1 fully saturated rings. The van der Waals surface area contributed by atoms with Crippen molar-refractivity contribution in [2.75, 3.05) is 24.7 Å². The van der Waals surface area contributed by atoms with Gasteiger partial charge in [-0.25, -0.2) is 8.42 Å². The van der Waals surface area contributed by atoms with E-state index >= 15 is 0 Å². The van der Waals surface area contributed by atoms with Crippen LogP contribution in [-0.2, 0) is 16.4 Å². The maximum atomic E-state index is 11.9. The van der Waals surface area contributed by atoms with Crippen molar-refractivity contribution >= 4 is 9.84 Å². The first kappa shape index (κ1) is 18.4. The first-order valence-corrected chi connectivity index (χ1v) is 10.3. The molecule has 1 saturated heterocycles. The Morgan fingerprint density at radius 2 is 1.96 bits per heavy atom. The van der Waals surface area contributed by atoms with E-state index in [1.165, 1.54) is 5.56 Å². The first-order chi connectivity index (χ1) is 10.9. The highest BCUT2D eigenvalue weighted by atomic mass is 32.2. The first-order valence-electron chi connectivity index (χ1n) is 8.50. The van der Waals surface area contributed by atoms with Crippen molar-refractivity contribution < 1.29 is 13.5 Å². The van der Waals surface area contributed by atoms with Crippen LogP contribution in [0.2, 0.25) is 0 Å². The molecule has 0 aromatic heterocycles. The molecule has 1 aliphatic heterocycles. The van der Waals surface area contributed by atoms with Gasteiger partial charge in [-0.05, 0) is 30.2 Å². The Morgan fingerprint density at radius 3 is 2.52 bits per heavy atom. The molecule has 1 heterocycles. The fraction of sp³-hybridized carbons (Fsp3) is 0.667. The van der Waals surface area contributed by atoms with Crippen molar-refractivity contribution in [3.8, 4) is 0 Å². The van der Waals surface area contributed by atoms with Crippen LogP contribution in [0.3, 0.4) is 0 Å². The fourth-order valence-electron chi connectivity index (χ4n) is 3.48. The van der Waals surface area contributed by atoms with Crippen molar-refractivity contribution in [2.24, 2.45) is 11.8 Å². The van der Waals surface area contributed by atoms with Crippen LogP contribution in [-0.4, -0.2) is 49.1 Å². The molecule has 5 heteroatoms. The molecule has 0 saturated carbocycles. The van der Waals surface area contributed by atoms with Crippen molar-refractivity contribution in [1.82, 2.24) is 4.90 Å². The summed E-state index contributed by atoms with van der Waals surface area (Å²) >= 11 is 0. The van der Waals surface area contributed by atoms with E-state index in [9.17, 15) is 13.5 Å². The molecular formula is C18H29NO3S. The number of benzene rings is 1. The van der Waals surface area contributed by atoms with Crippen LogP contribution in [0, 0.1) is 11.8 Å². The smallest absolute Gasteiger partial charge is 0.150 e. The lowest BCUT2D eigenvalue weighted by Gasteiger charge is -2.36. The summed E-state index contributed by atoms with van der Waals surface area (Å²) in [5, 5.41) is 9.82. The van der Waals surface area contributed by atoms with E-state index in [-0.39, 0.29) is 24.3 Å². The molecule has 0 spiro atoms. The molecule has 2 rings (SSSR count). The number of sulfone groups is 1. The number of aliphatic hydroxyl groups excluding tert-OH is 1. The second kappa shape index (κ2) is 8.27. The van der Waals surface area contributed by atoms with Crippen LogP contribution in [0.4, 0.5) is 0 Å². The highest BCUT2D eigenvalue weighted by Gasteiger charge is 2.29. The molecule has 0 amide bonds. The van der Waals surface area contributed by atoms with E-state index in [0.717, 1.165) is 25.9 Å². The molecule has 1 aromatic rings. The third-order valence-electron chi connectivity index (χ3n) is 4.70. The van der Waals surface area contributed by atoms with Crippen LogP contribution in [0.15, 0.2) is 30.3 Å². The minimum atomic E-state index is -2.89. The summed E-state index contributed by atoms with van der Waals surface area (Å²) in [6, 6.07) is 10.2. The molecule has 23 heavy (non-hydrogen) atoms. The topological polar surface area (TPSA) is 57.6 Å². The van der Waals surface area contributed by atoms with Gasteiger partial charge in [0.25, 0.3) is 0 Å². The predicted octanol–water partition coefficient (Wildman–Crippen LogP) is 2.33. The SMILES string of the molecule is CC(C)C(CO)N(Cc1ccccc1)CC1CCCS(=O)(=O)C1. The van der Waals surface area contributed by atoms with Gasteiger partial charge in [-0.2, -0.15) is 0 Å². The monoisotopic (exact) mass is 339 g/mol. The lowest BCUT2D eigenvalue weighted by atomic mass is 9.98. The van der Waals surface area contributed by atoms with Crippen molar-refractivity contribution in [1.29, 1.82) is 0 Å². The van der Waals surface area contributed by atoms with E-state index in [1.54, 1.807) is 0 Å². The molecular weight excluding hydrogens is 310 g/mol. The molecule has 4 nitrogen and oxygen atoms in total. The Balaban J connectivity index is 2.12. The molecule has 1 aromatic carbocycles. The van der Waals surface area contributed by atoms with E-state index in [2.05, 4.69) is 30.9 Å². The molecule has 2 unspecified atom stereocenters. The zero-order valence-corrected chi connectivity index (χ0v) is 15.0. The van der Waals surface area contributed by atoms with Crippen LogP contribution in [0.25, 0.3) is 0 Å². The van der Waals surface area contributed by atoms with Gasteiger partial charge in [-0.1, -0.05) is 44.2 Å². The molecule has 1 aliphatic rings. The average molecular weight is 340 g/mol. The van der Waals surface area contributed by atoms with Crippen molar-refractivity contribution in [3.05, 3.63) is 35.9 Å². The highest BCUT2D eigenvalue weighted by molar-refractivity contribution is 7.91. The van der Waals surface area contributed by atoms with Crippen LogP contribution >= 0.6 is 0 Å². The predicted molar refractivity (Wildman–Crippen MR) is 93.9 cm³/mol. The average Bonchev–Trinajstić information content (AvgIpc) is 2.47. The Hall–Kier alpha value is -0.910. The standard InChI is InChI=1S/C18H29NO3S/c1-15(2)18(13-20)19(11-16-7-4-3-5-8-16)12-17-9-6-10-23(21,22)14-17/h3-5,7-8,15,17-18,20H,6,9-14H2,1-2H3. The molecule has 0 bridgehead atoms. The summed E-state index contributed by atoms with van der Waals surface area (Å²) in [6.45, 7) is 5.80. The zero-order valence-electron chi connectivity index (χ0n) is 14.2. The summed E-state index contributed by atoms with van der Waals surface area (Å²) in [5.74, 6) is 1.11. The Labute approximate surface area is 140 Å². The van der Waals surface area contributed by atoms with Crippen LogP contribution in [0.1, 0.15) is 32.3 Å². The second-order valence-electron chi connectivity index (χ2n) is 7.03. The second-order valence-corrected chi connectivity index (χ2v) is 9.26. The molecule has 130 valence electrons. The van der Waals surface area contributed by atoms with Gasteiger partial charge in [0.15, 0.2) is 9.84 Å². The minimum absolute atomic E-state index is 0.0554. The summed E-state index contributed by atoms with van der Waals surface area (Å²) < 4.78 is 23.8. The van der Waals surface area contributed by atoms with Gasteiger partial charge in [0.05, 0.1) is 18.1 Å². The van der Waals surface area contributed by atoms with Gasteiger partial charge < -0.3 is 5.11 Å². The summed E-state index contributed by atoms with van der Waals surface area (Å²) in [6.07, 6.45) is 1.72. The quantitative estimate of drug-likeness (QED) is 0.828. The van der Waals surface area contributed by atoms with E-state index in [4.69, 9.17) is 0 Å². The number of nitrogens with zero attached hydrogens (tertiary/aromatic N) is 1. The summed E-state index contributed by atoms with van der Waals surface area (Å²) in [5.41, 5.74) is 1.20. The molecule has 0 aliphatic carbocycles. The normalized spacial score (nSPS) is 22.4. The van der Waals surface area contributed by atoms with Gasteiger partial charge >= 0.3 is 0 Å². The fourth-order valence-corrected chi connectivity index (χ4v) is 5.24. The van der Waals surface area contributed by atoms with Crippen LogP contribution in [0.5, 0.6) is 0 Å². The number of aliphatic hydroxyl groups is 1. The van der Waals surface area contributed by atoms with Gasteiger partial charge in [0.2, 0.25) is 0 Å². The minimum Gasteiger partial charge on any atom is -0.395 e. The number of hydrogen-bond acceptors (Lipinski definition) is 4. The maximum Gasteiger partial charge on any atom is 0.150 e. The van der Waals surface area contributed by atoms with E-state index in [1.807, 2.05) is 18.2 Å². The van der Waals surface area contributed by atoms with E-state index in [0.29, 0.717) is 11.7 Å². The van der Waals surface area contributed by atoms with Crippen molar-refractivity contribution in [3.63, 3.8) is 0 Å². The Kier molecular flexibility index (Phi) is 6.62. The molecule has 1 N–H and O–H groups in total. The molecule has 0 radical (unpaired) electrons. The number of hydrogen-bond donors (Lipinski definition) is 1. The third-order valence-corrected chi connectivity index (χ3v) is 6.59. The third kappa shape index (κ3) is 5.59. The molecule has 2 atom stereocenters. The highest BCUT2D eigenvalue weighted by Crippen LogP contribution is 2.23. The Bertz CT molecular complexity index is 571. The largest absolute Gasteiger partial charge is 0.395 e. The van der Waals surface area contributed by atoms with Gasteiger partial charge in [0, 0.05) is 19.1 Å². The van der Waals surface area contributed by atoms with Gasteiger partial charge in [-0.15, -0.1) is 0 Å². The van der Waals surface area contributed by atoms with Gasteiger partial charge in [-0.3, -0.25) is 4.90 Å². The van der Waals surface area contributed by atoms with Gasteiger partial charge in [0.1, 0.15) is 0 Å². The summed E-state index contributed by atoms with van der Waals surface area (Å²) in [4.78, 5) is 2.27. The zero-order chi connectivity index (χ0) is 16.9. The summed E-state index contributed by atoms with van der Waals surface area (Å²) in [7, 11) is -2.89.